The van der Waals surface area contributed by atoms with E-state index >= 15 is 0 Å². The Morgan fingerprint density at radius 1 is 1.29 bits per heavy atom. The number of halogens is 3. The number of phenols is 1. The molecule has 3 aromatic rings. The van der Waals surface area contributed by atoms with E-state index in [0.29, 0.717) is 12.2 Å². The van der Waals surface area contributed by atoms with Crippen LogP contribution in [0.3, 0.4) is 0 Å². The van der Waals surface area contributed by atoms with Gasteiger partial charge in [0.15, 0.2) is 0 Å². The molecule has 6 nitrogen and oxygen atoms in total. The summed E-state index contributed by atoms with van der Waals surface area (Å²) in [4.78, 5) is 16.4. The van der Waals surface area contributed by atoms with Gasteiger partial charge in [0.25, 0.3) is 5.91 Å². The molecule has 1 heterocycles. The molecule has 0 saturated heterocycles. The molecule has 3 N–H and O–H groups in total. The molecule has 0 aliphatic rings. The summed E-state index contributed by atoms with van der Waals surface area (Å²) in [5, 5.41) is 21.6. The lowest BCUT2D eigenvalue weighted by Crippen LogP contribution is -2.14. The molecule has 0 fully saturated rings. The monoisotopic (exact) mass is 408 g/mol. The fourth-order valence-electron chi connectivity index (χ4n) is 2.60. The van der Waals surface area contributed by atoms with Crippen molar-refractivity contribution in [3.8, 4) is 17.2 Å². The Hall–Kier alpha value is -2.97. The van der Waals surface area contributed by atoms with Crippen molar-refractivity contribution in [2.75, 3.05) is 5.32 Å². The summed E-state index contributed by atoms with van der Waals surface area (Å²) >= 11 is 5.85. The van der Waals surface area contributed by atoms with Gasteiger partial charge < -0.3 is 19.9 Å². The number of carbonyl (C=O) groups excluding carboxylic acids is 1. The zero-order chi connectivity index (χ0) is 20.4. The largest absolute Gasteiger partial charge is 0.507 e. The molecule has 0 unspecified atom stereocenters. The number of benzene rings is 2. The van der Waals surface area contributed by atoms with E-state index in [9.17, 15) is 23.8 Å². The van der Waals surface area contributed by atoms with Crippen molar-refractivity contribution in [2.45, 2.75) is 20.0 Å². The molecule has 28 heavy (non-hydrogen) atoms. The Morgan fingerprint density at radius 3 is 2.64 bits per heavy atom. The molecule has 0 aliphatic heterocycles. The van der Waals surface area contributed by atoms with Crippen molar-refractivity contribution in [1.82, 2.24) is 4.98 Å². The maximum Gasteiger partial charge on any atom is 0.259 e. The minimum Gasteiger partial charge on any atom is -0.507 e. The van der Waals surface area contributed by atoms with Crippen molar-refractivity contribution < 1.29 is 28.2 Å². The highest BCUT2D eigenvalue weighted by Crippen LogP contribution is 2.32. The normalized spacial score (nSPS) is 10.9. The van der Waals surface area contributed by atoms with E-state index in [1.54, 1.807) is 6.92 Å². The Labute approximate surface area is 163 Å². The van der Waals surface area contributed by atoms with Crippen LogP contribution in [0, 0.1) is 11.6 Å². The standard InChI is InChI=1S/C19H15ClF2N2O4/c1-2-16-14(8-25)23-19(28-16)9-7-15(26)10(6-13(9)22)18(27)24-17-11(20)4-3-5-12(17)21/h3-7,25-26H,2,8H2,1H3,(H,24,27). The van der Waals surface area contributed by atoms with Crippen molar-refractivity contribution in [2.24, 2.45) is 0 Å². The van der Waals surface area contributed by atoms with Crippen molar-refractivity contribution in [3.05, 3.63) is 64.0 Å². The minimum absolute atomic E-state index is 0.0478. The summed E-state index contributed by atoms with van der Waals surface area (Å²) in [6, 6.07) is 5.58. The number of amides is 1. The number of nitrogens with zero attached hydrogens (tertiary/aromatic N) is 1. The summed E-state index contributed by atoms with van der Waals surface area (Å²) in [6.07, 6.45) is 0.431. The zero-order valence-corrected chi connectivity index (χ0v) is 15.3. The lowest BCUT2D eigenvalue weighted by Gasteiger charge is -2.10. The third-order valence-corrected chi connectivity index (χ3v) is 4.33. The van der Waals surface area contributed by atoms with E-state index in [0.717, 1.165) is 18.2 Å². The van der Waals surface area contributed by atoms with Crippen LogP contribution in [-0.4, -0.2) is 21.1 Å². The molecule has 0 spiro atoms. The fourth-order valence-corrected chi connectivity index (χ4v) is 2.81. The third-order valence-electron chi connectivity index (χ3n) is 4.01. The van der Waals surface area contributed by atoms with Gasteiger partial charge in [-0.3, -0.25) is 4.79 Å². The zero-order valence-electron chi connectivity index (χ0n) is 14.6. The maximum atomic E-state index is 14.6. The van der Waals surface area contributed by atoms with Gasteiger partial charge in [-0.25, -0.2) is 13.8 Å². The van der Waals surface area contributed by atoms with Crippen LogP contribution in [0.25, 0.3) is 11.5 Å². The molecule has 9 heteroatoms. The Bertz CT molecular complexity index is 1010. The van der Waals surface area contributed by atoms with Crippen molar-refractivity contribution >= 4 is 23.2 Å². The first kappa shape index (κ1) is 19.8. The number of aliphatic hydroxyl groups excluding tert-OH is 1. The second-order valence-electron chi connectivity index (χ2n) is 5.80. The third kappa shape index (κ3) is 3.69. The van der Waals surface area contributed by atoms with E-state index in [4.69, 9.17) is 16.0 Å². The number of carbonyl (C=O) groups is 1. The van der Waals surface area contributed by atoms with Crippen LogP contribution < -0.4 is 5.32 Å². The molecule has 0 radical (unpaired) electrons. The minimum atomic E-state index is -0.951. The first-order valence-electron chi connectivity index (χ1n) is 8.23. The van der Waals surface area contributed by atoms with Gasteiger partial charge in [-0.05, 0) is 24.3 Å². The average Bonchev–Trinajstić information content (AvgIpc) is 3.09. The summed E-state index contributed by atoms with van der Waals surface area (Å²) in [5.41, 5.74) is -0.643. The van der Waals surface area contributed by atoms with Gasteiger partial charge in [-0.15, -0.1) is 0 Å². The van der Waals surface area contributed by atoms with E-state index in [-0.39, 0.29) is 34.5 Å². The van der Waals surface area contributed by atoms with E-state index in [2.05, 4.69) is 10.3 Å². The SMILES string of the molecule is CCc1oc(-c2cc(O)c(C(=O)Nc3c(F)cccc3Cl)cc2F)nc1CO. The van der Waals surface area contributed by atoms with Crippen LogP contribution in [0.2, 0.25) is 5.02 Å². The molecule has 146 valence electrons. The predicted octanol–water partition coefficient (Wildman–Crippen LogP) is 4.29. The number of aromatic nitrogens is 1. The highest BCUT2D eigenvalue weighted by molar-refractivity contribution is 6.34. The lowest BCUT2D eigenvalue weighted by atomic mass is 10.1. The van der Waals surface area contributed by atoms with Crippen LogP contribution in [0.4, 0.5) is 14.5 Å². The van der Waals surface area contributed by atoms with Crippen molar-refractivity contribution in [1.29, 1.82) is 0 Å². The number of nitrogens with one attached hydrogen (secondary N) is 1. The van der Waals surface area contributed by atoms with E-state index < -0.39 is 28.9 Å². The van der Waals surface area contributed by atoms with Crippen LogP contribution in [0.1, 0.15) is 28.7 Å². The van der Waals surface area contributed by atoms with Crippen molar-refractivity contribution in [3.63, 3.8) is 0 Å². The second-order valence-corrected chi connectivity index (χ2v) is 6.21. The van der Waals surface area contributed by atoms with E-state index in [1.807, 2.05) is 0 Å². The first-order valence-corrected chi connectivity index (χ1v) is 8.61. The van der Waals surface area contributed by atoms with Gasteiger partial charge in [0.1, 0.15) is 28.8 Å². The number of para-hydroxylation sites is 1. The first-order chi connectivity index (χ1) is 13.3. The smallest absolute Gasteiger partial charge is 0.259 e. The number of oxazole rings is 1. The van der Waals surface area contributed by atoms with Gasteiger partial charge in [-0.2, -0.15) is 0 Å². The Balaban J connectivity index is 1.96. The topological polar surface area (TPSA) is 95.6 Å². The molecule has 2 aromatic carbocycles. The lowest BCUT2D eigenvalue weighted by molar-refractivity contribution is 0.102. The molecule has 1 amide bonds. The van der Waals surface area contributed by atoms with Gasteiger partial charge in [0.05, 0.1) is 28.4 Å². The predicted molar refractivity (Wildman–Crippen MR) is 98.2 cm³/mol. The number of hydrogen-bond donors (Lipinski definition) is 3. The van der Waals surface area contributed by atoms with Gasteiger partial charge in [0, 0.05) is 6.42 Å². The molecule has 0 aliphatic carbocycles. The van der Waals surface area contributed by atoms with Gasteiger partial charge in [0.2, 0.25) is 5.89 Å². The molecule has 0 bridgehead atoms. The maximum absolute atomic E-state index is 14.6. The number of phenolic OH excluding ortho intramolecular Hbond substituents is 1. The number of aliphatic hydroxyl groups is 1. The number of rotatable bonds is 5. The highest BCUT2D eigenvalue weighted by atomic mass is 35.5. The molecule has 3 rings (SSSR count). The Kier molecular flexibility index (Phi) is 5.62. The van der Waals surface area contributed by atoms with E-state index in [1.165, 1.54) is 12.1 Å². The molecular formula is C19H15ClF2N2O4. The summed E-state index contributed by atoms with van der Waals surface area (Å²) < 4.78 is 33.8. The quantitative estimate of drug-likeness (QED) is 0.585. The fraction of sp³-hybridized carbons (Fsp3) is 0.158. The highest BCUT2D eigenvalue weighted by Gasteiger charge is 2.22. The summed E-state index contributed by atoms with van der Waals surface area (Å²) in [5.74, 6) is -2.95. The molecule has 1 aromatic heterocycles. The number of anilines is 1. The summed E-state index contributed by atoms with van der Waals surface area (Å²) in [6.45, 7) is 1.39. The summed E-state index contributed by atoms with van der Waals surface area (Å²) in [7, 11) is 0. The molecule has 0 atom stereocenters. The molecule has 0 saturated carbocycles. The molecular weight excluding hydrogens is 394 g/mol. The van der Waals surface area contributed by atoms with Crippen LogP contribution in [0.15, 0.2) is 34.7 Å². The van der Waals surface area contributed by atoms with Gasteiger partial charge >= 0.3 is 0 Å². The average molecular weight is 409 g/mol. The van der Waals surface area contributed by atoms with Crippen LogP contribution in [0.5, 0.6) is 5.75 Å². The number of aryl methyl sites for hydroxylation is 1. The Morgan fingerprint density at radius 2 is 2.04 bits per heavy atom. The van der Waals surface area contributed by atoms with Crippen LogP contribution in [-0.2, 0) is 13.0 Å². The second kappa shape index (κ2) is 7.95. The number of aromatic hydroxyl groups is 1. The number of hydrogen-bond acceptors (Lipinski definition) is 5. The van der Waals surface area contributed by atoms with Gasteiger partial charge in [-0.1, -0.05) is 24.6 Å². The van der Waals surface area contributed by atoms with Crippen LogP contribution >= 0.6 is 11.6 Å².